The van der Waals surface area contributed by atoms with E-state index in [0.29, 0.717) is 5.88 Å². The number of nitrogens with one attached hydrogen (secondary N) is 1. The molecule has 2 atom stereocenters. The molecule has 2 rings (SSSR count). The van der Waals surface area contributed by atoms with E-state index in [1.54, 1.807) is 0 Å². The Hall–Kier alpha value is -0.240. The molecule has 0 bridgehead atoms. The summed E-state index contributed by atoms with van der Waals surface area (Å²) < 4.78 is 0. The predicted octanol–water partition coefficient (Wildman–Crippen LogP) is 4.93. The van der Waals surface area contributed by atoms with Gasteiger partial charge < -0.3 is 5.32 Å². The third-order valence-corrected chi connectivity index (χ3v) is 5.07. The summed E-state index contributed by atoms with van der Waals surface area (Å²) in [6, 6.07) is 6.24. The molecule has 1 aliphatic carbocycles. The van der Waals surface area contributed by atoms with Crippen LogP contribution in [0.25, 0.3) is 0 Å². The predicted molar refractivity (Wildman–Crippen MR) is 84.1 cm³/mol. The topological polar surface area (TPSA) is 12.0 Å². The minimum atomic E-state index is 0.0907. The lowest BCUT2D eigenvalue weighted by Gasteiger charge is -2.39. The molecule has 0 heterocycles. The van der Waals surface area contributed by atoms with Crippen molar-refractivity contribution in [3.8, 4) is 0 Å². The summed E-state index contributed by atoms with van der Waals surface area (Å²) in [5.41, 5.74) is 2.45. The van der Waals surface area contributed by atoms with Gasteiger partial charge in [0.05, 0.1) is 0 Å². The second kappa shape index (κ2) is 6.47. The Kier molecular flexibility index (Phi) is 5.16. The van der Waals surface area contributed by atoms with Gasteiger partial charge in [0, 0.05) is 23.0 Å². The first-order valence-corrected chi connectivity index (χ1v) is 8.02. The Morgan fingerprint density at radius 3 is 2.84 bits per heavy atom. The van der Waals surface area contributed by atoms with E-state index >= 15 is 0 Å². The Morgan fingerprint density at radius 1 is 1.42 bits per heavy atom. The number of hydrogen-bond donors (Lipinski definition) is 1. The van der Waals surface area contributed by atoms with Crippen molar-refractivity contribution in [3.05, 3.63) is 34.3 Å². The Balaban J connectivity index is 2.03. The van der Waals surface area contributed by atoms with Crippen LogP contribution in [-0.4, -0.2) is 11.4 Å². The van der Waals surface area contributed by atoms with E-state index in [2.05, 4.69) is 31.3 Å². The molecule has 0 aromatic heterocycles. The Morgan fingerprint density at radius 2 is 2.21 bits per heavy atom. The zero-order valence-corrected chi connectivity index (χ0v) is 13.3. The molecule has 1 saturated carbocycles. The van der Waals surface area contributed by atoms with E-state index in [9.17, 15) is 0 Å². The van der Waals surface area contributed by atoms with Crippen molar-refractivity contribution in [1.82, 2.24) is 5.32 Å². The van der Waals surface area contributed by atoms with Crippen LogP contribution in [0.2, 0.25) is 5.02 Å². The Bertz CT molecular complexity index is 433. The largest absolute Gasteiger partial charge is 0.306 e. The SMILES string of the molecule is Cc1ccc(CNC2(CCl)CCCC(C)C2)c(Cl)c1. The van der Waals surface area contributed by atoms with E-state index in [1.807, 2.05) is 6.07 Å². The van der Waals surface area contributed by atoms with Gasteiger partial charge >= 0.3 is 0 Å². The van der Waals surface area contributed by atoms with Crippen LogP contribution in [0.15, 0.2) is 18.2 Å². The lowest BCUT2D eigenvalue weighted by molar-refractivity contribution is 0.207. The lowest BCUT2D eigenvalue weighted by Crippen LogP contribution is -2.49. The monoisotopic (exact) mass is 299 g/mol. The van der Waals surface area contributed by atoms with Crippen molar-refractivity contribution in [3.63, 3.8) is 0 Å². The average molecular weight is 300 g/mol. The van der Waals surface area contributed by atoms with E-state index < -0.39 is 0 Å². The number of halogens is 2. The Labute approximate surface area is 126 Å². The summed E-state index contributed by atoms with van der Waals surface area (Å²) in [5.74, 6) is 1.44. The van der Waals surface area contributed by atoms with Gasteiger partial charge in [-0.2, -0.15) is 0 Å². The van der Waals surface area contributed by atoms with Crippen molar-refractivity contribution in [2.24, 2.45) is 5.92 Å². The van der Waals surface area contributed by atoms with Crippen molar-refractivity contribution in [2.75, 3.05) is 5.88 Å². The van der Waals surface area contributed by atoms with Gasteiger partial charge in [-0.15, -0.1) is 11.6 Å². The maximum absolute atomic E-state index is 6.29. The molecule has 1 nitrogen and oxygen atoms in total. The highest BCUT2D eigenvalue weighted by molar-refractivity contribution is 6.31. The highest BCUT2D eigenvalue weighted by Crippen LogP contribution is 2.33. The molecule has 0 radical (unpaired) electrons. The average Bonchev–Trinajstić information content (AvgIpc) is 2.38. The quantitative estimate of drug-likeness (QED) is 0.778. The molecule has 1 N–H and O–H groups in total. The molecular formula is C16H23Cl2N. The number of aryl methyl sites for hydroxylation is 1. The van der Waals surface area contributed by atoms with Crippen LogP contribution >= 0.6 is 23.2 Å². The van der Waals surface area contributed by atoms with Crippen molar-refractivity contribution < 1.29 is 0 Å². The molecule has 2 unspecified atom stereocenters. The summed E-state index contributed by atoms with van der Waals surface area (Å²) in [5, 5.41) is 4.52. The van der Waals surface area contributed by atoms with Crippen LogP contribution in [0.3, 0.4) is 0 Å². The summed E-state index contributed by atoms with van der Waals surface area (Å²) in [6.45, 7) is 5.19. The van der Waals surface area contributed by atoms with Gasteiger partial charge in [-0.3, -0.25) is 0 Å². The van der Waals surface area contributed by atoms with E-state index in [-0.39, 0.29) is 5.54 Å². The molecule has 0 spiro atoms. The van der Waals surface area contributed by atoms with E-state index in [0.717, 1.165) is 23.0 Å². The standard InChI is InChI=1S/C16H23Cl2N/c1-12-5-6-14(15(18)8-12)10-19-16(11-17)7-3-4-13(2)9-16/h5-6,8,13,19H,3-4,7,9-11H2,1-2H3. The zero-order chi connectivity index (χ0) is 13.9. The summed E-state index contributed by atoms with van der Waals surface area (Å²) in [4.78, 5) is 0. The molecular weight excluding hydrogens is 277 g/mol. The third-order valence-electron chi connectivity index (χ3n) is 4.21. The number of hydrogen-bond acceptors (Lipinski definition) is 1. The van der Waals surface area contributed by atoms with Crippen LogP contribution in [-0.2, 0) is 6.54 Å². The molecule has 106 valence electrons. The maximum Gasteiger partial charge on any atom is 0.0453 e. The van der Waals surface area contributed by atoms with E-state index in [1.165, 1.54) is 31.2 Å². The fourth-order valence-electron chi connectivity index (χ4n) is 3.07. The highest BCUT2D eigenvalue weighted by Gasteiger charge is 2.33. The second-order valence-electron chi connectivity index (χ2n) is 6.06. The van der Waals surface area contributed by atoms with E-state index in [4.69, 9.17) is 23.2 Å². The lowest BCUT2D eigenvalue weighted by atomic mass is 9.77. The first kappa shape index (κ1) is 15.2. The first-order valence-electron chi connectivity index (χ1n) is 7.11. The van der Waals surface area contributed by atoms with Gasteiger partial charge in [0.15, 0.2) is 0 Å². The first-order chi connectivity index (χ1) is 9.04. The van der Waals surface area contributed by atoms with Gasteiger partial charge in [-0.25, -0.2) is 0 Å². The number of benzene rings is 1. The van der Waals surface area contributed by atoms with Crippen LogP contribution in [0.1, 0.15) is 43.7 Å². The summed E-state index contributed by atoms with van der Waals surface area (Å²) in [6.07, 6.45) is 4.93. The van der Waals surface area contributed by atoms with Crippen LogP contribution in [0, 0.1) is 12.8 Å². The highest BCUT2D eigenvalue weighted by atomic mass is 35.5. The summed E-state index contributed by atoms with van der Waals surface area (Å²) in [7, 11) is 0. The fraction of sp³-hybridized carbons (Fsp3) is 0.625. The normalized spacial score (nSPS) is 27.5. The van der Waals surface area contributed by atoms with Crippen LogP contribution in [0.4, 0.5) is 0 Å². The minimum Gasteiger partial charge on any atom is -0.306 e. The van der Waals surface area contributed by atoms with Crippen molar-refractivity contribution in [2.45, 2.75) is 51.6 Å². The second-order valence-corrected chi connectivity index (χ2v) is 6.74. The zero-order valence-electron chi connectivity index (χ0n) is 11.8. The molecule has 1 aromatic carbocycles. The molecule has 0 saturated heterocycles. The molecule has 1 aromatic rings. The molecule has 0 amide bonds. The van der Waals surface area contributed by atoms with Gasteiger partial charge in [-0.1, -0.05) is 43.5 Å². The molecule has 0 aliphatic heterocycles. The van der Waals surface area contributed by atoms with Gasteiger partial charge in [-0.05, 0) is 42.9 Å². The van der Waals surface area contributed by atoms with Crippen LogP contribution in [0.5, 0.6) is 0 Å². The van der Waals surface area contributed by atoms with Gasteiger partial charge in [0.1, 0.15) is 0 Å². The van der Waals surface area contributed by atoms with Crippen molar-refractivity contribution in [1.29, 1.82) is 0 Å². The fourth-order valence-corrected chi connectivity index (χ4v) is 3.71. The molecule has 1 fully saturated rings. The summed E-state index contributed by atoms with van der Waals surface area (Å²) >= 11 is 12.5. The molecule has 19 heavy (non-hydrogen) atoms. The number of alkyl halides is 1. The van der Waals surface area contributed by atoms with Crippen LogP contribution < -0.4 is 5.32 Å². The molecule has 1 aliphatic rings. The minimum absolute atomic E-state index is 0.0907. The van der Waals surface area contributed by atoms with Gasteiger partial charge in [0.2, 0.25) is 0 Å². The number of rotatable bonds is 4. The van der Waals surface area contributed by atoms with Crippen molar-refractivity contribution >= 4 is 23.2 Å². The third kappa shape index (κ3) is 3.87. The smallest absolute Gasteiger partial charge is 0.0453 e. The molecule has 3 heteroatoms. The maximum atomic E-state index is 6.29. The van der Waals surface area contributed by atoms with Gasteiger partial charge in [0.25, 0.3) is 0 Å².